The van der Waals surface area contributed by atoms with E-state index in [1.165, 1.54) is 8.61 Å². The van der Waals surface area contributed by atoms with Crippen molar-refractivity contribution < 1.29 is 22.7 Å². The van der Waals surface area contributed by atoms with E-state index in [-0.39, 0.29) is 12.2 Å². The number of hydrogen-bond acceptors (Lipinski definition) is 5. The predicted octanol–water partition coefficient (Wildman–Crippen LogP) is 1.15. The molecule has 0 radical (unpaired) electrons. The summed E-state index contributed by atoms with van der Waals surface area (Å²) >= 11 is 0. The first-order valence-electron chi connectivity index (χ1n) is 8.16. The summed E-state index contributed by atoms with van der Waals surface area (Å²) in [5, 5.41) is 0. The molecule has 0 aromatic carbocycles. The van der Waals surface area contributed by atoms with Gasteiger partial charge in [-0.15, -0.1) is 0 Å². The first-order chi connectivity index (χ1) is 10.5. The molecule has 0 saturated carbocycles. The van der Waals surface area contributed by atoms with E-state index < -0.39 is 27.8 Å². The molecule has 0 unspecified atom stereocenters. The molecule has 2 saturated heterocycles. The second-order valence-corrected chi connectivity index (χ2v) is 9.27. The van der Waals surface area contributed by atoms with Gasteiger partial charge < -0.3 is 9.47 Å². The van der Waals surface area contributed by atoms with Gasteiger partial charge in [-0.1, -0.05) is 0 Å². The second-order valence-electron chi connectivity index (χ2n) is 7.38. The van der Waals surface area contributed by atoms with Gasteiger partial charge in [-0.2, -0.15) is 17.0 Å². The average Bonchev–Trinajstić information content (AvgIpc) is 2.85. The van der Waals surface area contributed by atoms with E-state index in [0.717, 1.165) is 0 Å². The largest absolute Gasteiger partial charge is 0.459 e. The summed E-state index contributed by atoms with van der Waals surface area (Å²) in [5.41, 5.74) is -0.628. The van der Waals surface area contributed by atoms with E-state index in [0.29, 0.717) is 32.5 Å². The van der Waals surface area contributed by atoms with Crippen molar-refractivity contribution in [3.05, 3.63) is 0 Å². The van der Waals surface area contributed by atoms with Crippen LogP contribution in [0.2, 0.25) is 0 Å². The van der Waals surface area contributed by atoms with Crippen molar-refractivity contribution in [2.75, 3.05) is 19.6 Å². The number of hydrogen-bond donors (Lipinski definition) is 0. The topological polar surface area (TPSA) is 76.2 Å². The molecule has 0 aromatic rings. The van der Waals surface area contributed by atoms with E-state index in [9.17, 15) is 13.2 Å². The number of esters is 1. The summed E-state index contributed by atoms with van der Waals surface area (Å²) in [7, 11) is -3.69. The van der Waals surface area contributed by atoms with Crippen molar-refractivity contribution in [2.24, 2.45) is 0 Å². The minimum absolute atomic E-state index is 0.156. The van der Waals surface area contributed by atoms with Crippen molar-refractivity contribution >= 4 is 16.2 Å². The van der Waals surface area contributed by atoms with Gasteiger partial charge in [0.1, 0.15) is 11.6 Å². The second kappa shape index (κ2) is 6.66. The molecule has 8 heteroatoms. The fourth-order valence-corrected chi connectivity index (χ4v) is 5.06. The lowest BCUT2D eigenvalue weighted by atomic mass is 10.2. The van der Waals surface area contributed by atoms with Gasteiger partial charge in [0, 0.05) is 19.6 Å². The molecule has 0 aromatic heterocycles. The van der Waals surface area contributed by atoms with Crippen LogP contribution in [0.3, 0.4) is 0 Å². The average molecular weight is 348 g/mol. The third-order valence-corrected chi connectivity index (χ3v) is 5.87. The van der Waals surface area contributed by atoms with Crippen LogP contribution in [0.1, 0.15) is 47.5 Å². The maximum absolute atomic E-state index is 12.9. The van der Waals surface area contributed by atoms with Crippen LogP contribution in [0.5, 0.6) is 0 Å². The Morgan fingerprint density at radius 2 is 1.74 bits per heavy atom. The molecule has 0 bridgehead atoms. The monoisotopic (exact) mass is 348 g/mol. The Hall–Kier alpha value is -0.700. The molecule has 7 nitrogen and oxygen atoms in total. The number of nitrogens with zero attached hydrogens (tertiary/aromatic N) is 2. The lowest BCUT2D eigenvalue weighted by Crippen LogP contribution is -2.55. The highest BCUT2D eigenvalue weighted by Crippen LogP contribution is 2.27. The first-order valence-corrected chi connectivity index (χ1v) is 9.55. The number of ether oxygens (including phenoxy) is 2. The van der Waals surface area contributed by atoms with E-state index in [1.807, 2.05) is 13.8 Å². The molecule has 0 spiro atoms. The smallest absolute Gasteiger partial charge is 0.325 e. The SMILES string of the molecule is C[C@@H]1CN(S(=O)(=O)N2CCC[C@H]2C(=O)OC(C)(C)C)C[C@@H](C)O1. The van der Waals surface area contributed by atoms with Crippen molar-refractivity contribution in [3.8, 4) is 0 Å². The molecule has 2 fully saturated rings. The molecule has 3 atom stereocenters. The van der Waals surface area contributed by atoms with Crippen molar-refractivity contribution in [1.82, 2.24) is 8.61 Å². The van der Waals surface area contributed by atoms with E-state index in [2.05, 4.69) is 0 Å². The standard InChI is InChI=1S/C15H28N2O5S/c1-11-9-16(10-12(2)21-11)23(19,20)17-8-6-7-13(17)14(18)22-15(3,4)5/h11-13H,6-10H2,1-5H3/t11-,12-,13+/m1/s1. The molecule has 0 aliphatic carbocycles. The van der Waals surface area contributed by atoms with Crippen LogP contribution in [0, 0.1) is 0 Å². The summed E-state index contributed by atoms with van der Waals surface area (Å²) in [4.78, 5) is 12.4. The van der Waals surface area contributed by atoms with E-state index in [4.69, 9.17) is 9.47 Å². The van der Waals surface area contributed by atoms with Gasteiger partial charge >= 0.3 is 5.97 Å². The van der Waals surface area contributed by atoms with Gasteiger partial charge in [0.2, 0.25) is 0 Å². The normalized spacial score (nSPS) is 31.3. The number of carbonyl (C=O) groups excluding carboxylic acids is 1. The van der Waals surface area contributed by atoms with Crippen molar-refractivity contribution in [3.63, 3.8) is 0 Å². The van der Waals surface area contributed by atoms with E-state index in [1.54, 1.807) is 20.8 Å². The molecule has 2 aliphatic rings. The zero-order chi connectivity index (χ0) is 17.4. The highest BCUT2D eigenvalue weighted by molar-refractivity contribution is 7.86. The predicted molar refractivity (Wildman–Crippen MR) is 86.1 cm³/mol. The fourth-order valence-electron chi connectivity index (χ4n) is 3.09. The minimum Gasteiger partial charge on any atom is -0.459 e. The zero-order valence-electron chi connectivity index (χ0n) is 14.6. The van der Waals surface area contributed by atoms with Crippen LogP contribution in [0.25, 0.3) is 0 Å². The summed E-state index contributed by atoms with van der Waals surface area (Å²) in [6.07, 6.45) is 0.856. The molecular weight excluding hydrogens is 320 g/mol. The molecule has 134 valence electrons. The Labute approximate surface area is 139 Å². The van der Waals surface area contributed by atoms with Crippen LogP contribution < -0.4 is 0 Å². The van der Waals surface area contributed by atoms with Gasteiger partial charge in [-0.25, -0.2) is 0 Å². The zero-order valence-corrected chi connectivity index (χ0v) is 15.4. The minimum atomic E-state index is -3.69. The summed E-state index contributed by atoms with van der Waals surface area (Å²) in [6.45, 7) is 10.0. The summed E-state index contributed by atoms with van der Waals surface area (Å²) in [6, 6.07) is -0.729. The van der Waals surface area contributed by atoms with Gasteiger partial charge in [0.15, 0.2) is 0 Å². The highest BCUT2D eigenvalue weighted by Gasteiger charge is 2.44. The molecule has 23 heavy (non-hydrogen) atoms. The molecule has 2 aliphatic heterocycles. The van der Waals surface area contributed by atoms with Crippen LogP contribution in [-0.2, 0) is 24.5 Å². The molecule has 2 heterocycles. The van der Waals surface area contributed by atoms with E-state index >= 15 is 0 Å². The molecule has 2 rings (SSSR count). The molecular formula is C15H28N2O5S. The Balaban J connectivity index is 2.16. The fraction of sp³-hybridized carbons (Fsp3) is 0.933. The lowest BCUT2D eigenvalue weighted by molar-refractivity contribution is -0.158. The van der Waals surface area contributed by atoms with Crippen LogP contribution in [0.4, 0.5) is 0 Å². The summed E-state index contributed by atoms with van der Waals surface area (Å²) < 4.78 is 39.6. The number of morpholine rings is 1. The number of rotatable bonds is 3. The van der Waals surface area contributed by atoms with Gasteiger partial charge in [-0.3, -0.25) is 4.79 Å². The van der Waals surface area contributed by atoms with Crippen molar-refractivity contribution in [2.45, 2.75) is 71.3 Å². The van der Waals surface area contributed by atoms with Crippen LogP contribution in [0.15, 0.2) is 0 Å². The maximum atomic E-state index is 12.9. The molecule has 0 N–H and O–H groups in total. The van der Waals surface area contributed by atoms with Crippen LogP contribution in [-0.4, -0.2) is 66.5 Å². The maximum Gasteiger partial charge on any atom is 0.325 e. The Morgan fingerprint density at radius 1 is 1.17 bits per heavy atom. The highest BCUT2D eigenvalue weighted by atomic mass is 32.2. The Kier molecular flexibility index (Phi) is 5.40. The third kappa shape index (κ3) is 4.43. The Bertz CT molecular complexity index is 533. The van der Waals surface area contributed by atoms with Crippen molar-refractivity contribution in [1.29, 1.82) is 0 Å². The van der Waals surface area contributed by atoms with Gasteiger partial charge in [0.05, 0.1) is 12.2 Å². The third-order valence-electron chi connectivity index (χ3n) is 3.89. The molecule has 0 amide bonds. The quantitative estimate of drug-likeness (QED) is 0.715. The number of carbonyl (C=O) groups is 1. The van der Waals surface area contributed by atoms with Gasteiger partial charge in [-0.05, 0) is 47.5 Å². The van der Waals surface area contributed by atoms with Gasteiger partial charge in [0.25, 0.3) is 10.2 Å². The first kappa shape index (κ1) is 18.6. The van der Waals surface area contributed by atoms with Crippen LogP contribution >= 0.6 is 0 Å². The Morgan fingerprint density at radius 3 is 2.26 bits per heavy atom. The lowest BCUT2D eigenvalue weighted by Gasteiger charge is -2.37. The summed E-state index contributed by atoms with van der Waals surface area (Å²) in [5.74, 6) is -0.465.